The molecule has 156 valence electrons. The summed E-state index contributed by atoms with van der Waals surface area (Å²) in [6, 6.07) is 13.5. The fraction of sp³-hybridized carbons (Fsp3) is 0.333. The molecule has 0 saturated carbocycles. The molecule has 1 atom stereocenters. The molecule has 2 rings (SSSR count). The van der Waals surface area contributed by atoms with Crippen LogP contribution < -0.4 is 10.6 Å². The fourth-order valence-corrected chi connectivity index (χ4v) is 3.22. The van der Waals surface area contributed by atoms with Crippen LogP contribution in [0.1, 0.15) is 23.1 Å². The minimum absolute atomic E-state index is 0.0459. The van der Waals surface area contributed by atoms with Crippen LogP contribution in [-0.2, 0) is 26.0 Å². The molecule has 0 aliphatic carbocycles. The Kier molecular flexibility index (Phi) is 7.78. The third-order valence-corrected chi connectivity index (χ3v) is 5.35. The van der Waals surface area contributed by atoms with Crippen LogP contribution in [0.4, 0.5) is 10.5 Å². The molecule has 0 saturated heterocycles. The van der Waals surface area contributed by atoms with Gasteiger partial charge < -0.3 is 15.4 Å². The van der Waals surface area contributed by atoms with Gasteiger partial charge in [0.1, 0.15) is 22.5 Å². The lowest BCUT2D eigenvalue weighted by molar-refractivity contribution is -0.118. The summed E-state index contributed by atoms with van der Waals surface area (Å²) < 4.78 is 28.2. The van der Waals surface area contributed by atoms with E-state index in [4.69, 9.17) is 4.74 Å². The van der Waals surface area contributed by atoms with Gasteiger partial charge in [0.25, 0.3) is 0 Å². The van der Waals surface area contributed by atoms with Crippen LogP contribution in [0.25, 0.3) is 0 Å². The van der Waals surface area contributed by atoms with E-state index in [1.807, 2.05) is 44.2 Å². The highest BCUT2D eigenvalue weighted by Gasteiger charge is 2.23. The average Bonchev–Trinajstić information content (AvgIpc) is 2.66. The summed E-state index contributed by atoms with van der Waals surface area (Å²) in [5.74, 6) is -0.745. The molecule has 0 aromatic heterocycles. The van der Waals surface area contributed by atoms with E-state index in [1.54, 1.807) is 18.2 Å². The Bertz CT molecular complexity index is 958. The maximum absolute atomic E-state index is 12.7. The number of alkyl carbamates (subject to hydrolysis) is 1. The van der Waals surface area contributed by atoms with Crippen molar-refractivity contribution in [1.82, 2.24) is 5.32 Å². The molecule has 0 aliphatic heterocycles. The predicted octanol–water partition coefficient (Wildman–Crippen LogP) is 2.97. The van der Waals surface area contributed by atoms with Crippen molar-refractivity contribution < 1.29 is 22.7 Å². The number of anilines is 1. The summed E-state index contributed by atoms with van der Waals surface area (Å²) in [6.45, 7) is 3.93. The number of carbonyl (C=O) groups excluding carboxylic acids is 2. The van der Waals surface area contributed by atoms with E-state index in [-0.39, 0.29) is 18.8 Å². The van der Waals surface area contributed by atoms with Gasteiger partial charge in [0.15, 0.2) is 0 Å². The third-order valence-electron chi connectivity index (χ3n) is 4.37. The Labute approximate surface area is 171 Å². The summed E-state index contributed by atoms with van der Waals surface area (Å²) >= 11 is 0. The molecule has 0 unspecified atom stereocenters. The summed E-state index contributed by atoms with van der Waals surface area (Å²) in [5, 5.41) is 5.19. The van der Waals surface area contributed by atoms with E-state index < -0.39 is 27.9 Å². The molecule has 29 heavy (non-hydrogen) atoms. The highest BCUT2D eigenvalue weighted by Crippen LogP contribution is 2.15. The Morgan fingerprint density at radius 1 is 1.03 bits per heavy atom. The number of sulfone groups is 1. The number of carbonyl (C=O) groups is 2. The minimum Gasteiger partial charge on any atom is -0.445 e. The molecule has 7 nitrogen and oxygen atoms in total. The Morgan fingerprint density at radius 2 is 1.72 bits per heavy atom. The molecule has 0 heterocycles. The molecule has 0 bridgehead atoms. The van der Waals surface area contributed by atoms with Crippen LogP contribution in [0.2, 0.25) is 0 Å². The van der Waals surface area contributed by atoms with Crippen LogP contribution in [-0.4, -0.2) is 38.5 Å². The highest BCUT2D eigenvalue weighted by molar-refractivity contribution is 7.90. The first-order chi connectivity index (χ1) is 13.6. The van der Waals surface area contributed by atoms with Crippen molar-refractivity contribution in [3.8, 4) is 0 Å². The van der Waals surface area contributed by atoms with Gasteiger partial charge in [-0.2, -0.15) is 0 Å². The van der Waals surface area contributed by atoms with Gasteiger partial charge in [-0.05, 0) is 49.1 Å². The van der Waals surface area contributed by atoms with Gasteiger partial charge in [0, 0.05) is 11.9 Å². The molecule has 0 spiro atoms. The molecule has 0 radical (unpaired) electrons. The zero-order valence-corrected chi connectivity index (χ0v) is 17.6. The maximum atomic E-state index is 12.7. The molecule has 2 amide bonds. The van der Waals surface area contributed by atoms with Crippen molar-refractivity contribution in [2.24, 2.45) is 0 Å². The standard InChI is InChI=1S/C21H26N2O5S/c1-15-9-10-18(13-16(15)2)22-20(24)19(11-12-29(3,26)27)23-21(25)28-14-17-7-5-4-6-8-17/h4-10,13,19H,11-12,14H2,1-3H3,(H,22,24)(H,23,25)/t19-/m1/s1. The number of ether oxygens (including phenoxy) is 1. The number of hydrogen-bond acceptors (Lipinski definition) is 5. The van der Waals surface area contributed by atoms with Gasteiger partial charge >= 0.3 is 6.09 Å². The minimum atomic E-state index is -3.30. The van der Waals surface area contributed by atoms with Gasteiger partial charge in [-0.3, -0.25) is 4.79 Å². The molecule has 0 aliphatic rings. The summed E-state index contributed by atoms with van der Waals surface area (Å²) in [4.78, 5) is 24.8. The topological polar surface area (TPSA) is 102 Å². The predicted molar refractivity (Wildman–Crippen MR) is 112 cm³/mol. The Balaban J connectivity index is 2.03. The Hall–Kier alpha value is -2.87. The van der Waals surface area contributed by atoms with Crippen molar-refractivity contribution in [1.29, 1.82) is 0 Å². The summed E-state index contributed by atoms with van der Waals surface area (Å²) in [7, 11) is -3.30. The Morgan fingerprint density at radius 3 is 2.34 bits per heavy atom. The van der Waals surface area contributed by atoms with Gasteiger partial charge in [-0.15, -0.1) is 0 Å². The van der Waals surface area contributed by atoms with Gasteiger partial charge in [-0.25, -0.2) is 13.2 Å². The van der Waals surface area contributed by atoms with Crippen molar-refractivity contribution in [2.75, 3.05) is 17.3 Å². The van der Waals surface area contributed by atoms with E-state index in [1.165, 1.54) is 0 Å². The van der Waals surface area contributed by atoms with E-state index in [2.05, 4.69) is 10.6 Å². The monoisotopic (exact) mass is 418 g/mol. The second-order valence-corrected chi connectivity index (χ2v) is 9.23. The average molecular weight is 419 g/mol. The molecular weight excluding hydrogens is 392 g/mol. The van der Waals surface area contributed by atoms with Crippen molar-refractivity contribution in [3.63, 3.8) is 0 Å². The molecule has 2 N–H and O–H groups in total. The number of hydrogen-bond donors (Lipinski definition) is 2. The number of nitrogens with one attached hydrogen (secondary N) is 2. The van der Waals surface area contributed by atoms with Crippen LogP contribution in [0.3, 0.4) is 0 Å². The first-order valence-electron chi connectivity index (χ1n) is 9.17. The first kappa shape index (κ1) is 22.4. The van der Waals surface area contributed by atoms with E-state index in [0.717, 1.165) is 22.9 Å². The smallest absolute Gasteiger partial charge is 0.408 e. The van der Waals surface area contributed by atoms with Crippen molar-refractivity contribution >= 4 is 27.5 Å². The number of rotatable bonds is 8. The normalized spacial score (nSPS) is 12.1. The zero-order valence-electron chi connectivity index (χ0n) is 16.8. The highest BCUT2D eigenvalue weighted by atomic mass is 32.2. The second-order valence-electron chi connectivity index (χ2n) is 6.97. The number of benzene rings is 2. The maximum Gasteiger partial charge on any atom is 0.408 e. The second kappa shape index (κ2) is 10.1. The van der Waals surface area contributed by atoms with Gasteiger partial charge in [0.05, 0.1) is 5.75 Å². The molecule has 2 aromatic carbocycles. The molecular formula is C21H26N2O5S. The van der Waals surface area contributed by atoms with E-state index in [9.17, 15) is 18.0 Å². The largest absolute Gasteiger partial charge is 0.445 e. The number of amides is 2. The van der Waals surface area contributed by atoms with Crippen LogP contribution >= 0.6 is 0 Å². The lowest BCUT2D eigenvalue weighted by Gasteiger charge is -2.18. The lowest BCUT2D eigenvalue weighted by atomic mass is 10.1. The van der Waals surface area contributed by atoms with Crippen molar-refractivity contribution in [2.45, 2.75) is 32.9 Å². The first-order valence-corrected chi connectivity index (χ1v) is 11.2. The summed E-state index contributed by atoms with van der Waals surface area (Å²) in [6.07, 6.45) is 0.234. The number of aryl methyl sites for hydroxylation is 2. The SMILES string of the molecule is Cc1ccc(NC(=O)[C@@H](CCS(C)(=O)=O)NC(=O)OCc2ccccc2)cc1C. The van der Waals surface area contributed by atoms with E-state index in [0.29, 0.717) is 5.69 Å². The third kappa shape index (κ3) is 7.95. The molecule has 2 aromatic rings. The quantitative estimate of drug-likeness (QED) is 0.686. The van der Waals surface area contributed by atoms with Crippen LogP contribution in [0.15, 0.2) is 48.5 Å². The zero-order chi connectivity index (χ0) is 21.4. The fourth-order valence-electron chi connectivity index (χ4n) is 2.56. The lowest BCUT2D eigenvalue weighted by Crippen LogP contribution is -2.45. The molecule has 8 heteroatoms. The van der Waals surface area contributed by atoms with Crippen LogP contribution in [0.5, 0.6) is 0 Å². The van der Waals surface area contributed by atoms with Crippen LogP contribution in [0, 0.1) is 13.8 Å². The summed E-state index contributed by atoms with van der Waals surface area (Å²) in [5.41, 5.74) is 3.46. The van der Waals surface area contributed by atoms with Crippen molar-refractivity contribution in [3.05, 3.63) is 65.2 Å². The van der Waals surface area contributed by atoms with Gasteiger partial charge in [-0.1, -0.05) is 36.4 Å². The van der Waals surface area contributed by atoms with Gasteiger partial charge in [0.2, 0.25) is 5.91 Å². The van der Waals surface area contributed by atoms with E-state index >= 15 is 0 Å². The molecule has 0 fully saturated rings.